The number of rotatable bonds is 9. The lowest BCUT2D eigenvalue weighted by Crippen LogP contribution is -2.76. The van der Waals surface area contributed by atoms with E-state index < -0.39 is 27.3 Å². The van der Waals surface area contributed by atoms with Crippen molar-refractivity contribution in [3.63, 3.8) is 0 Å². The Kier molecular flexibility index (Phi) is 7.68. The number of benzene rings is 2. The Hall–Kier alpha value is -3.61. The molecular weight excluding hydrogens is 515 g/mol. The largest absolute Gasteiger partial charge is 0.489 e. The molecule has 1 aliphatic rings. The molecule has 0 unspecified atom stereocenters. The van der Waals surface area contributed by atoms with Crippen LogP contribution in [0.1, 0.15) is 31.5 Å². The first kappa shape index (κ1) is 27.4. The predicted molar refractivity (Wildman–Crippen MR) is 136 cm³/mol. The molecule has 0 atom stereocenters. The summed E-state index contributed by atoms with van der Waals surface area (Å²) in [7, 11) is -4.19. The molecule has 38 heavy (non-hydrogen) atoms. The molecule has 0 radical (unpaired) electrons. The van der Waals surface area contributed by atoms with Gasteiger partial charge in [-0.3, -0.25) is 19.8 Å². The summed E-state index contributed by atoms with van der Waals surface area (Å²) in [6.45, 7) is 5.21. The zero-order chi connectivity index (χ0) is 27.7. The van der Waals surface area contributed by atoms with Gasteiger partial charge in [-0.05, 0) is 49.2 Å². The Morgan fingerprint density at radius 1 is 1.18 bits per heavy atom. The number of carbonyl (C=O) groups excluding carboxylic acids is 2. The van der Waals surface area contributed by atoms with Gasteiger partial charge in [-0.25, -0.2) is 18.3 Å². The second-order valence-electron chi connectivity index (χ2n) is 9.80. The molecule has 3 aromatic rings. The summed E-state index contributed by atoms with van der Waals surface area (Å²) in [5, 5.41) is 9.80. The molecule has 4 rings (SSSR count). The predicted octanol–water partition coefficient (Wildman–Crippen LogP) is 2.67. The summed E-state index contributed by atoms with van der Waals surface area (Å²) in [4.78, 5) is 30.1. The number of nitrogens with zero attached hydrogens (tertiary/aromatic N) is 2. The number of halogens is 1. The van der Waals surface area contributed by atoms with Crippen LogP contribution in [0.2, 0.25) is 0 Å². The maximum atomic E-state index is 14.2. The van der Waals surface area contributed by atoms with Crippen molar-refractivity contribution in [2.24, 2.45) is 5.92 Å². The van der Waals surface area contributed by atoms with E-state index in [0.29, 0.717) is 16.8 Å². The average Bonchev–Trinajstić information content (AvgIpc) is 2.84. The van der Waals surface area contributed by atoms with Crippen LogP contribution in [0.4, 0.5) is 4.39 Å². The average molecular weight is 545 g/mol. The molecule has 2 heterocycles. The van der Waals surface area contributed by atoms with E-state index >= 15 is 0 Å². The van der Waals surface area contributed by atoms with Gasteiger partial charge < -0.3 is 9.64 Å². The van der Waals surface area contributed by atoms with Gasteiger partial charge in [-0.15, -0.1) is 0 Å². The lowest BCUT2D eigenvalue weighted by Gasteiger charge is -2.48. The van der Waals surface area contributed by atoms with E-state index in [1.807, 2.05) is 13.8 Å². The van der Waals surface area contributed by atoms with Crippen LogP contribution >= 0.6 is 0 Å². The zero-order valence-electron chi connectivity index (χ0n) is 21.2. The Balaban J connectivity index is 1.46. The van der Waals surface area contributed by atoms with E-state index in [1.165, 1.54) is 40.7 Å². The smallest absolute Gasteiger partial charge is 0.268 e. The van der Waals surface area contributed by atoms with Gasteiger partial charge in [0.1, 0.15) is 29.2 Å². The highest BCUT2D eigenvalue weighted by Crippen LogP contribution is 2.27. The van der Waals surface area contributed by atoms with Crippen LogP contribution in [0.25, 0.3) is 10.9 Å². The molecule has 202 valence electrons. The van der Waals surface area contributed by atoms with Gasteiger partial charge in [0.25, 0.3) is 5.91 Å². The van der Waals surface area contributed by atoms with Gasteiger partial charge in [0.05, 0.1) is 18.0 Å². The van der Waals surface area contributed by atoms with E-state index in [9.17, 15) is 27.6 Å². The van der Waals surface area contributed by atoms with Gasteiger partial charge in [0.15, 0.2) is 0 Å². The van der Waals surface area contributed by atoms with E-state index in [-0.39, 0.29) is 48.4 Å². The topological polar surface area (TPSA) is 138 Å². The van der Waals surface area contributed by atoms with Crippen molar-refractivity contribution < 1.29 is 32.3 Å². The summed E-state index contributed by atoms with van der Waals surface area (Å²) < 4.78 is 48.5. The van der Waals surface area contributed by atoms with Crippen molar-refractivity contribution in [1.82, 2.24) is 20.1 Å². The van der Waals surface area contributed by atoms with E-state index in [0.717, 1.165) is 5.56 Å². The molecule has 0 bridgehead atoms. The number of amides is 2. The van der Waals surface area contributed by atoms with Crippen molar-refractivity contribution in [2.45, 2.75) is 44.2 Å². The molecule has 12 heteroatoms. The number of ether oxygens (including phenoxy) is 1. The maximum absolute atomic E-state index is 14.2. The first-order valence-corrected chi connectivity index (χ1v) is 13.5. The number of likely N-dealkylation sites (tertiary alicyclic amines) is 1. The van der Waals surface area contributed by atoms with Gasteiger partial charge in [0, 0.05) is 23.1 Å². The molecule has 1 aliphatic heterocycles. The monoisotopic (exact) mass is 544 g/mol. The van der Waals surface area contributed by atoms with E-state index in [4.69, 9.17) is 4.74 Å². The lowest BCUT2D eigenvalue weighted by molar-refractivity contribution is -0.151. The van der Waals surface area contributed by atoms with Gasteiger partial charge >= 0.3 is 0 Å². The van der Waals surface area contributed by atoms with Gasteiger partial charge in [-0.1, -0.05) is 26.0 Å². The Morgan fingerprint density at radius 3 is 2.50 bits per heavy atom. The zero-order valence-corrected chi connectivity index (χ0v) is 22.0. The summed E-state index contributed by atoms with van der Waals surface area (Å²) >= 11 is 0. The van der Waals surface area contributed by atoms with Crippen LogP contribution in [0.15, 0.2) is 53.4 Å². The van der Waals surface area contributed by atoms with Crippen molar-refractivity contribution in [3.8, 4) is 5.75 Å². The van der Waals surface area contributed by atoms with E-state index in [1.54, 1.807) is 25.1 Å². The molecule has 0 saturated carbocycles. The fourth-order valence-electron chi connectivity index (χ4n) is 4.36. The summed E-state index contributed by atoms with van der Waals surface area (Å²) in [5.41, 5.74) is 1.41. The number of nitrogens with one attached hydrogen (secondary N) is 2. The highest BCUT2D eigenvalue weighted by molar-refractivity contribution is 7.89. The first-order chi connectivity index (χ1) is 17.9. The molecule has 1 saturated heterocycles. The highest BCUT2D eigenvalue weighted by Gasteiger charge is 2.53. The molecule has 1 aromatic heterocycles. The van der Waals surface area contributed by atoms with Crippen LogP contribution in [-0.2, 0) is 26.2 Å². The number of hydroxylamine groups is 1. The number of sulfonamides is 1. The highest BCUT2D eigenvalue weighted by atomic mass is 32.2. The molecule has 2 amide bonds. The number of pyridine rings is 1. The third-order valence-electron chi connectivity index (χ3n) is 6.26. The van der Waals surface area contributed by atoms with Crippen molar-refractivity contribution in [2.75, 3.05) is 13.1 Å². The van der Waals surface area contributed by atoms with Crippen LogP contribution in [0, 0.1) is 18.7 Å². The third-order valence-corrected chi connectivity index (χ3v) is 7.81. The quantitative estimate of drug-likeness (QED) is 0.278. The number of para-hydroxylation sites is 1. The minimum absolute atomic E-state index is 0.101. The summed E-state index contributed by atoms with van der Waals surface area (Å²) in [6, 6.07) is 12.0. The van der Waals surface area contributed by atoms with Gasteiger partial charge in [0.2, 0.25) is 15.9 Å². The number of carbonyl (C=O) groups is 2. The molecule has 0 aliphatic carbocycles. The second-order valence-corrected chi connectivity index (χ2v) is 11.5. The number of hydrogen-bond donors (Lipinski definition) is 3. The molecule has 3 N–H and O–H groups in total. The normalized spacial score (nSPS) is 14.8. The number of hydrogen-bond acceptors (Lipinski definition) is 7. The fourth-order valence-corrected chi connectivity index (χ4v) is 5.71. The molecular formula is C26H29FN4O6S. The number of aromatic nitrogens is 1. The second kappa shape index (κ2) is 10.6. The first-order valence-electron chi connectivity index (χ1n) is 12.0. The molecule has 10 nitrogen and oxygen atoms in total. The van der Waals surface area contributed by atoms with Crippen molar-refractivity contribution in [1.29, 1.82) is 0 Å². The Bertz CT molecular complexity index is 1470. The van der Waals surface area contributed by atoms with Crippen molar-refractivity contribution >= 4 is 32.7 Å². The van der Waals surface area contributed by atoms with Crippen LogP contribution < -0.4 is 14.9 Å². The molecule has 2 aromatic carbocycles. The van der Waals surface area contributed by atoms with E-state index in [2.05, 4.69) is 9.71 Å². The Labute approximate surface area is 219 Å². The standard InChI is InChI=1S/C26H29FN4O6S/c1-16(2)11-23(32)31-14-26(15-31,25(33)29-34)30-38(35,36)20-9-7-19(8-10-20)37-13-18-12-17(3)28-24-21(18)5-4-6-22(24)27/h4-10,12,16,30,34H,11,13-15H2,1-3H3,(H,29,33). The number of aryl methyl sites for hydroxylation is 1. The van der Waals surface area contributed by atoms with Crippen LogP contribution in [0.5, 0.6) is 5.75 Å². The number of fused-ring (bicyclic) bond motifs is 1. The summed E-state index contributed by atoms with van der Waals surface area (Å²) in [6.07, 6.45) is 0.259. The fraction of sp³-hybridized carbons (Fsp3) is 0.346. The van der Waals surface area contributed by atoms with Gasteiger partial charge in [-0.2, -0.15) is 4.72 Å². The minimum atomic E-state index is -4.19. The molecule has 0 spiro atoms. The maximum Gasteiger partial charge on any atom is 0.268 e. The van der Waals surface area contributed by atoms with Crippen LogP contribution in [0.3, 0.4) is 0 Å². The Morgan fingerprint density at radius 2 is 1.87 bits per heavy atom. The minimum Gasteiger partial charge on any atom is -0.489 e. The lowest BCUT2D eigenvalue weighted by atomic mass is 9.89. The van der Waals surface area contributed by atoms with Crippen molar-refractivity contribution in [3.05, 3.63) is 65.6 Å². The van der Waals surface area contributed by atoms with Crippen LogP contribution in [-0.4, -0.2) is 54.0 Å². The third kappa shape index (κ3) is 5.62. The molecule has 1 fully saturated rings. The SMILES string of the molecule is Cc1cc(COc2ccc(S(=O)(=O)NC3(C(=O)NO)CN(C(=O)CC(C)C)C3)cc2)c2cccc(F)c2n1. The summed E-state index contributed by atoms with van der Waals surface area (Å²) in [5.74, 6) is -1.11.